The van der Waals surface area contributed by atoms with E-state index in [0.717, 1.165) is 50.4 Å². The van der Waals surface area contributed by atoms with Gasteiger partial charge >= 0.3 is 0 Å². The minimum Gasteiger partial charge on any atom is -0.380 e. The molecule has 1 aromatic carbocycles. The molecule has 1 atom stereocenters. The number of ether oxygens (including phenoxy) is 1. The van der Waals surface area contributed by atoms with Crippen molar-refractivity contribution >= 4 is 11.6 Å². The maximum Gasteiger partial charge on any atom is 0.253 e. The molecule has 5 heteroatoms. The van der Waals surface area contributed by atoms with Crippen LogP contribution in [0, 0.1) is 0 Å². The standard InChI is InChI=1S/C16H23N3O2/c1-19(2)16(20)12-7-11-3-5-17-9-14(11)15(8-12)18-13-4-6-21-10-13/h7-8,13,17-18H,3-6,9-10H2,1-2H3/t13-/m1/s1. The fraction of sp³-hybridized carbons (Fsp3) is 0.562. The van der Waals surface area contributed by atoms with E-state index in [9.17, 15) is 4.79 Å². The Morgan fingerprint density at radius 1 is 1.43 bits per heavy atom. The topological polar surface area (TPSA) is 53.6 Å². The lowest BCUT2D eigenvalue weighted by molar-refractivity contribution is 0.0827. The number of hydrogen-bond acceptors (Lipinski definition) is 4. The van der Waals surface area contributed by atoms with Crippen LogP contribution in [0.2, 0.25) is 0 Å². The maximum absolute atomic E-state index is 12.3. The van der Waals surface area contributed by atoms with Gasteiger partial charge in [0.1, 0.15) is 0 Å². The Morgan fingerprint density at radius 3 is 3.00 bits per heavy atom. The number of amides is 1. The Kier molecular flexibility index (Phi) is 4.12. The number of rotatable bonds is 3. The lowest BCUT2D eigenvalue weighted by Gasteiger charge is -2.24. The smallest absolute Gasteiger partial charge is 0.253 e. The first-order chi connectivity index (χ1) is 10.1. The molecule has 5 nitrogen and oxygen atoms in total. The first-order valence-corrected chi connectivity index (χ1v) is 7.57. The Hall–Kier alpha value is -1.59. The molecule has 0 aliphatic carbocycles. The quantitative estimate of drug-likeness (QED) is 0.879. The average molecular weight is 289 g/mol. The second-order valence-electron chi connectivity index (χ2n) is 5.99. The molecule has 2 N–H and O–H groups in total. The first-order valence-electron chi connectivity index (χ1n) is 7.57. The molecule has 3 rings (SSSR count). The third-order valence-corrected chi connectivity index (χ3v) is 4.16. The van der Waals surface area contributed by atoms with E-state index in [1.165, 1.54) is 11.1 Å². The molecule has 1 fully saturated rings. The van der Waals surface area contributed by atoms with Crippen molar-refractivity contribution in [3.8, 4) is 0 Å². The summed E-state index contributed by atoms with van der Waals surface area (Å²) in [5.74, 6) is 0.0575. The van der Waals surface area contributed by atoms with Crippen LogP contribution in [0.5, 0.6) is 0 Å². The number of nitrogens with zero attached hydrogens (tertiary/aromatic N) is 1. The van der Waals surface area contributed by atoms with Gasteiger partial charge in [0.05, 0.1) is 12.6 Å². The molecule has 0 saturated carbocycles. The maximum atomic E-state index is 12.3. The third-order valence-electron chi connectivity index (χ3n) is 4.16. The summed E-state index contributed by atoms with van der Waals surface area (Å²) in [5.41, 5.74) is 4.42. The molecular formula is C16H23N3O2. The summed E-state index contributed by atoms with van der Waals surface area (Å²) in [6.07, 6.45) is 1.99. The summed E-state index contributed by atoms with van der Waals surface area (Å²) in [5, 5.41) is 6.98. The van der Waals surface area contributed by atoms with Crippen LogP contribution in [-0.4, -0.2) is 50.7 Å². The molecular weight excluding hydrogens is 266 g/mol. The molecule has 2 aliphatic rings. The number of fused-ring (bicyclic) bond motifs is 1. The lowest BCUT2D eigenvalue weighted by atomic mass is 9.95. The molecule has 0 bridgehead atoms. The number of benzene rings is 1. The van der Waals surface area contributed by atoms with E-state index < -0.39 is 0 Å². The summed E-state index contributed by atoms with van der Waals surface area (Å²) in [4.78, 5) is 13.9. The van der Waals surface area contributed by atoms with Crippen LogP contribution < -0.4 is 10.6 Å². The van der Waals surface area contributed by atoms with Gasteiger partial charge in [0.15, 0.2) is 0 Å². The van der Waals surface area contributed by atoms with Gasteiger partial charge in [-0.1, -0.05) is 0 Å². The highest BCUT2D eigenvalue weighted by molar-refractivity contribution is 5.95. The van der Waals surface area contributed by atoms with Gasteiger partial charge in [-0.25, -0.2) is 0 Å². The van der Waals surface area contributed by atoms with Gasteiger partial charge in [-0.3, -0.25) is 4.79 Å². The van der Waals surface area contributed by atoms with Crippen molar-refractivity contribution in [2.75, 3.05) is 39.2 Å². The molecule has 1 saturated heterocycles. The van der Waals surface area contributed by atoms with E-state index in [-0.39, 0.29) is 5.91 Å². The van der Waals surface area contributed by atoms with E-state index in [2.05, 4.69) is 16.7 Å². The van der Waals surface area contributed by atoms with Crippen LogP contribution >= 0.6 is 0 Å². The average Bonchev–Trinajstić information content (AvgIpc) is 2.99. The van der Waals surface area contributed by atoms with Crippen molar-refractivity contribution in [1.29, 1.82) is 0 Å². The fourth-order valence-corrected chi connectivity index (χ4v) is 2.98. The zero-order chi connectivity index (χ0) is 14.8. The monoisotopic (exact) mass is 289 g/mol. The van der Waals surface area contributed by atoms with Crippen molar-refractivity contribution in [2.24, 2.45) is 0 Å². The molecule has 114 valence electrons. The number of nitrogens with one attached hydrogen (secondary N) is 2. The number of carbonyl (C=O) groups excluding carboxylic acids is 1. The minimum absolute atomic E-state index is 0.0575. The molecule has 0 aromatic heterocycles. The van der Waals surface area contributed by atoms with E-state index in [4.69, 9.17) is 4.74 Å². The van der Waals surface area contributed by atoms with Gasteiger partial charge in [-0.2, -0.15) is 0 Å². The molecule has 0 unspecified atom stereocenters. The highest BCUT2D eigenvalue weighted by atomic mass is 16.5. The Balaban J connectivity index is 1.94. The van der Waals surface area contributed by atoms with Crippen molar-refractivity contribution in [2.45, 2.75) is 25.4 Å². The third kappa shape index (κ3) is 3.04. The van der Waals surface area contributed by atoms with Crippen molar-refractivity contribution in [1.82, 2.24) is 10.2 Å². The SMILES string of the molecule is CN(C)C(=O)c1cc2c(c(N[C@@H]3CCOC3)c1)CNCC2. The van der Waals surface area contributed by atoms with Crippen LogP contribution in [-0.2, 0) is 17.7 Å². The Bertz CT molecular complexity index is 537. The Labute approximate surface area is 125 Å². The van der Waals surface area contributed by atoms with Gasteiger partial charge < -0.3 is 20.3 Å². The number of anilines is 1. The molecule has 1 amide bonds. The summed E-state index contributed by atoms with van der Waals surface area (Å²) in [6.45, 7) is 3.39. The Morgan fingerprint density at radius 2 is 2.29 bits per heavy atom. The predicted octanol–water partition coefficient (Wildman–Crippen LogP) is 1.23. The highest BCUT2D eigenvalue weighted by Crippen LogP contribution is 2.27. The lowest BCUT2D eigenvalue weighted by Crippen LogP contribution is -2.28. The summed E-state index contributed by atoms with van der Waals surface area (Å²) < 4.78 is 5.44. The molecule has 21 heavy (non-hydrogen) atoms. The van der Waals surface area contributed by atoms with Gasteiger partial charge in [0.2, 0.25) is 0 Å². The molecule has 2 aliphatic heterocycles. The number of hydrogen-bond donors (Lipinski definition) is 2. The van der Waals surface area contributed by atoms with E-state index >= 15 is 0 Å². The fourth-order valence-electron chi connectivity index (χ4n) is 2.98. The van der Waals surface area contributed by atoms with Crippen LogP contribution in [0.4, 0.5) is 5.69 Å². The summed E-state index contributed by atoms with van der Waals surface area (Å²) in [6, 6.07) is 4.39. The van der Waals surface area contributed by atoms with Gasteiger partial charge in [-0.15, -0.1) is 0 Å². The van der Waals surface area contributed by atoms with E-state index in [1.807, 2.05) is 6.07 Å². The zero-order valence-corrected chi connectivity index (χ0v) is 12.7. The van der Waals surface area contributed by atoms with Crippen LogP contribution in [0.25, 0.3) is 0 Å². The van der Waals surface area contributed by atoms with Crippen molar-refractivity contribution in [3.63, 3.8) is 0 Å². The van der Waals surface area contributed by atoms with Gasteiger partial charge in [0.25, 0.3) is 5.91 Å². The zero-order valence-electron chi connectivity index (χ0n) is 12.7. The van der Waals surface area contributed by atoms with Crippen LogP contribution in [0.1, 0.15) is 27.9 Å². The molecule has 0 radical (unpaired) electrons. The minimum atomic E-state index is 0.0575. The number of carbonyl (C=O) groups is 1. The summed E-state index contributed by atoms with van der Waals surface area (Å²) in [7, 11) is 3.59. The van der Waals surface area contributed by atoms with Crippen LogP contribution in [0.3, 0.4) is 0 Å². The molecule has 1 aromatic rings. The molecule has 0 spiro atoms. The largest absolute Gasteiger partial charge is 0.380 e. The second-order valence-corrected chi connectivity index (χ2v) is 5.99. The van der Waals surface area contributed by atoms with Crippen molar-refractivity contribution < 1.29 is 9.53 Å². The predicted molar refractivity (Wildman–Crippen MR) is 82.7 cm³/mol. The normalized spacial score (nSPS) is 21.0. The second kappa shape index (κ2) is 6.03. The van der Waals surface area contributed by atoms with Gasteiger partial charge in [0, 0.05) is 38.5 Å². The first kappa shape index (κ1) is 14.4. The van der Waals surface area contributed by atoms with Crippen molar-refractivity contribution in [3.05, 3.63) is 28.8 Å². The van der Waals surface area contributed by atoms with Crippen LogP contribution in [0.15, 0.2) is 12.1 Å². The summed E-state index contributed by atoms with van der Waals surface area (Å²) >= 11 is 0. The highest BCUT2D eigenvalue weighted by Gasteiger charge is 2.21. The van der Waals surface area contributed by atoms with Gasteiger partial charge in [-0.05, 0) is 42.6 Å². The molecule has 2 heterocycles. The van der Waals surface area contributed by atoms with E-state index in [1.54, 1.807) is 19.0 Å². The van der Waals surface area contributed by atoms with E-state index in [0.29, 0.717) is 6.04 Å².